The molecule has 0 atom stereocenters. The predicted octanol–water partition coefficient (Wildman–Crippen LogP) is 2.40. The van der Waals surface area contributed by atoms with E-state index in [4.69, 9.17) is 0 Å². The van der Waals surface area contributed by atoms with Gasteiger partial charge in [-0.2, -0.15) is 5.10 Å². The van der Waals surface area contributed by atoms with Crippen molar-refractivity contribution in [1.29, 1.82) is 0 Å². The van der Waals surface area contributed by atoms with Crippen LogP contribution >= 0.6 is 0 Å². The van der Waals surface area contributed by atoms with Crippen LogP contribution in [0.1, 0.15) is 51.8 Å². The number of nitrogens with zero attached hydrogens (tertiary/aromatic N) is 3. The van der Waals surface area contributed by atoms with Gasteiger partial charge in [0.25, 0.3) is 0 Å². The maximum atomic E-state index is 4.46. The smallest absolute Gasteiger partial charge is 0.138 e. The predicted molar refractivity (Wildman–Crippen MR) is 73.5 cm³/mol. The van der Waals surface area contributed by atoms with E-state index in [1.807, 2.05) is 4.68 Å². The summed E-state index contributed by atoms with van der Waals surface area (Å²) in [5, 5.41) is 7.85. The minimum Gasteiger partial charge on any atom is -0.316 e. The first-order valence-electron chi connectivity index (χ1n) is 7.37. The molecule has 0 aliphatic heterocycles. The van der Waals surface area contributed by atoms with Crippen molar-refractivity contribution in [3.63, 3.8) is 0 Å². The zero-order valence-electron chi connectivity index (χ0n) is 11.8. The van der Waals surface area contributed by atoms with E-state index in [0.717, 1.165) is 31.9 Å². The van der Waals surface area contributed by atoms with Crippen molar-refractivity contribution >= 4 is 0 Å². The van der Waals surface area contributed by atoms with E-state index in [-0.39, 0.29) is 0 Å². The highest BCUT2D eigenvalue weighted by molar-refractivity contribution is 4.96. The first-order chi connectivity index (χ1) is 8.79. The Morgan fingerprint density at radius 1 is 1.28 bits per heavy atom. The number of aryl methyl sites for hydroxylation is 1. The molecule has 18 heavy (non-hydrogen) atoms. The van der Waals surface area contributed by atoms with Gasteiger partial charge in [-0.05, 0) is 31.7 Å². The summed E-state index contributed by atoms with van der Waals surface area (Å²) in [7, 11) is 0. The zero-order valence-corrected chi connectivity index (χ0v) is 11.8. The van der Waals surface area contributed by atoms with Gasteiger partial charge in [-0.3, -0.25) is 4.68 Å². The molecule has 0 saturated heterocycles. The van der Waals surface area contributed by atoms with Crippen molar-refractivity contribution in [1.82, 2.24) is 20.1 Å². The Morgan fingerprint density at radius 3 is 2.72 bits per heavy atom. The van der Waals surface area contributed by atoms with Crippen LogP contribution in [0.5, 0.6) is 0 Å². The molecule has 1 heterocycles. The molecule has 0 radical (unpaired) electrons. The summed E-state index contributed by atoms with van der Waals surface area (Å²) < 4.78 is 2.04. The van der Waals surface area contributed by atoms with Crippen LogP contribution in [0.4, 0.5) is 0 Å². The van der Waals surface area contributed by atoms with Crippen LogP contribution in [0.3, 0.4) is 0 Å². The third-order valence-electron chi connectivity index (χ3n) is 4.19. The molecule has 1 fully saturated rings. The highest BCUT2D eigenvalue weighted by Gasteiger charge is 2.33. The van der Waals surface area contributed by atoms with E-state index >= 15 is 0 Å². The fraction of sp³-hybridized carbons (Fsp3) is 0.857. The van der Waals surface area contributed by atoms with Crippen LogP contribution in [0, 0.1) is 5.41 Å². The van der Waals surface area contributed by atoms with Gasteiger partial charge in [0.15, 0.2) is 0 Å². The Balaban J connectivity index is 2.08. The molecular formula is C14H26N4. The molecule has 0 bridgehead atoms. The van der Waals surface area contributed by atoms with Crippen LogP contribution in [0.2, 0.25) is 0 Å². The van der Waals surface area contributed by atoms with Crippen molar-refractivity contribution in [2.45, 2.75) is 58.9 Å². The van der Waals surface area contributed by atoms with E-state index in [9.17, 15) is 0 Å². The summed E-state index contributed by atoms with van der Waals surface area (Å²) in [6.45, 7) is 7.43. The van der Waals surface area contributed by atoms with Gasteiger partial charge in [0, 0.05) is 19.5 Å². The van der Waals surface area contributed by atoms with Crippen molar-refractivity contribution in [3.8, 4) is 0 Å². The molecule has 1 saturated carbocycles. The molecule has 0 amide bonds. The summed E-state index contributed by atoms with van der Waals surface area (Å²) in [5.41, 5.74) is 0.411. The molecule has 0 aromatic carbocycles. The van der Waals surface area contributed by atoms with Crippen LogP contribution in [0.25, 0.3) is 0 Å². The van der Waals surface area contributed by atoms with E-state index in [0.29, 0.717) is 5.41 Å². The lowest BCUT2D eigenvalue weighted by Gasteiger charge is -2.37. The molecule has 0 unspecified atom stereocenters. The van der Waals surface area contributed by atoms with Gasteiger partial charge in [-0.15, -0.1) is 0 Å². The molecule has 1 aliphatic carbocycles. The quantitative estimate of drug-likeness (QED) is 0.843. The summed E-state index contributed by atoms with van der Waals surface area (Å²) in [4.78, 5) is 4.46. The molecule has 2 rings (SSSR count). The average molecular weight is 250 g/mol. The van der Waals surface area contributed by atoms with Gasteiger partial charge >= 0.3 is 0 Å². The van der Waals surface area contributed by atoms with Gasteiger partial charge in [0.2, 0.25) is 0 Å². The number of rotatable bonds is 6. The van der Waals surface area contributed by atoms with Crippen LogP contribution in [-0.2, 0) is 13.0 Å². The van der Waals surface area contributed by atoms with Crippen molar-refractivity contribution in [3.05, 3.63) is 12.2 Å². The second-order valence-electron chi connectivity index (χ2n) is 5.51. The molecular weight excluding hydrogens is 224 g/mol. The number of aromatic nitrogens is 3. The van der Waals surface area contributed by atoms with E-state index < -0.39 is 0 Å². The van der Waals surface area contributed by atoms with E-state index in [2.05, 4.69) is 29.2 Å². The SMILES string of the molecule is CCNCC1(Cc2ncnn2CC)CCCCC1. The topological polar surface area (TPSA) is 42.7 Å². The standard InChI is InChI=1S/C14H26N4/c1-3-15-11-14(8-6-5-7-9-14)10-13-16-12-17-18(13)4-2/h12,15H,3-11H2,1-2H3. The summed E-state index contributed by atoms with van der Waals surface area (Å²) in [6, 6.07) is 0. The molecule has 1 aromatic rings. The lowest BCUT2D eigenvalue weighted by molar-refractivity contribution is 0.176. The van der Waals surface area contributed by atoms with Gasteiger partial charge < -0.3 is 5.32 Å². The van der Waals surface area contributed by atoms with E-state index in [1.54, 1.807) is 6.33 Å². The largest absolute Gasteiger partial charge is 0.316 e. The molecule has 102 valence electrons. The van der Waals surface area contributed by atoms with Crippen molar-refractivity contribution in [2.24, 2.45) is 5.41 Å². The van der Waals surface area contributed by atoms with Crippen molar-refractivity contribution in [2.75, 3.05) is 13.1 Å². The van der Waals surface area contributed by atoms with E-state index in [1.165, 1.54) is 32.1 Å². The zero-order chi connectivity index (χ0) is 12.8. The Labute approximate surface area is 110 Å². The van der Waals surface area contributed by atoms with Crippen LogP contribution in [0.15, 0.2) is 6.33 Å². The normalized spacial score (nSPS) is 19.0. The number of hydrogen-bond donors (Lipinski definition) is 1. The maximum Gasteiger partial charge on any atom is 0.138 e. The Hall–Kier alpha value is -0.900. The molecule has 4 heteroatoms. The third kappa shape index (κ3) is 3.10. The van der Waals surface area contributed by atoms with Gasteiger partial charge in [0.1, 0.15) is 12.2 Å². The Morgan fingerprint density at radius 2 is 2.06 bits per heavy atom. The average Bonchev–Trinajstić information content (AvgIpc) is 2.84. The Kier molecular flexibility index (Phi) is 4.75. The molecule has 1 aromatic heterocycles. The molecule has 1 N–H and O–H groups in total. The molecule has 1 aliphatic rings. The second-order valence-corrected chi connectivity index (χ2v) is 5.51. The summed E-state index contributed by atoms with van der Waals surface area (Å²) >= 11 is 0. The van der Waals surface area contributed by atoms with Gasteiger partial charge in [-0.1, -0.05) is 26.2 Å². The highest BCUT2D eigenvalue weighted by Crippen LogP contribution is 2.38. The van der Waals surface area contributed by atoms with Gasteiger partial charge in [-0.25, -0.2) is 4.98 Å². The first-order valence-corrected chi connectivity index (χ1v) is 7.37. The summed E-state index contributed by atoms with van der Waals surface area (Å²) in [6.07, 6.45) is 9.56. The van der Waals surface area contributed by atoms with Crippen LogP contribution < -0.4 is 5.32 Å². The third-order valence-corrected chi connectivity index (χ3v) is 4.19. The lowest BCUT2D eigenvalue weighted by Crippen LogP contribution is -2.38. The fourth-order valence-electron chi connectivity index (χ4n) is 3.13. The monoisotopic (exact) mass is 250 g/mol. The summed E-state index contributed by atoms with van der Waals surface area (Å²) in [5.74, 6) is 1.16. The van der Waals surface area contributed by atoms with Gasteiger partial charge in [0.05, 0.1) is 0 Å². The van der Waals surface area contributed by atoms with Crippen molar-refractivity contribution < 1.29 is 0 Å². The first kappa shape index (κ1) is 13.5. The number of nitrogens with one attached hydrogen (secondary N) is 1. The molecule has 0 spiro atoms. The highest BCUT2D eigenvalue weighted by atomic mass is 15.3. The number of hydrogen-bond acceptors (Lipinski definition) is 3. The minimum atomic E-state index is 0.411. The van der Waals surface area contributed by atoms with Crippen LogP contribution in [-0.4, -0.2) is 27.9 Å². The maximum absolute atomic E-state index is 4.46. The lowest BCUT2D eigenvalue weighted by atomic mass is 9.71. The Bertz CT molecular complexity index is 352. The fourth-order valence-corrected chi connectivity index (χ4v) is 3.13. The minimum absolute atomic E-state index is 0.411. The second kappa shape index (κ2) is 6.32. The molecule has 4 nitrogen and oxygen atoms in total.